The molecule has 1 aromatic heterocycles. The van der Waals surface area contributed by atoms with Crippen LogP contribution in [0, 0.1) is 0 Å². The summed E-state index contributed by atoms with van der Waals surface area (Å²) in [6.45, 7) is 1.97. The zero-order chi connectivity index (χ0) is 14.6. The van der Waals surface area contributed by atoms with Crippen molar-refractivity contribution < 1.29 is 13.5 Å². The first-order chi connectivity index (χ1) is 9.52. The molecule has 20 heavy (non-hydrogen) atoms. The minimum absolute atomic E-state index is 0.0303. The van der Waals surface area contributed by atoms with Gasteiger partial charge >= 0.3 is 0 Å². The topological polar surface area (TPSA) is 104 Å². The standard InChI is InChI=1S/C12H20N4O3S/c1-20(18,19)10-8-15-12(14-5-6-17)16-11(10)9-3-2-4-13-7-9/h8-9,13,17H,2-7H2,1H3,(H,14,15,16)/t9-/m0/s1. The first-order valence-corrected chi connectivity index (χ1v) is 8.54. The second-order valence-electron chi connectivity index (χ2n) is 4.91. The fourth-order valence-electron chi connectivity index (χ4n) is 2.30. The van der Waals surface area contributed by atoms with E-state index in [4.69, 9.17) is 5.11 Å². The molecule has 3 N–H and O–H groups in total. The molecule has 0 spiro atoms. The average molecular weight is 300 g/mol. The Labute approximate surface area is 118 Å². The molecule has 112 valence electrons. The molecule has 0 aromatic carbocycles. The van der Waals surface area contributed by atoms with Crippen molar-refractivity contribution in [3.05, 3.63) is 11.9 Å². The lowest BCUT2D eigenvalue weighted by Crippen LogP contribution is -2.30. The fraction of sp³-hybridized carbons (Fsp3) is 0.667. The van der Waals surface area contributed by atoms with Crippen LogP contribution in [0.15, 0.2) is 11.1 Å². The van der Waals surface area contributed by atoms with Gasteiger partial charge in [-0.3, -0.25) is 0 Å². The van der Waals surface area contributed by atoms with Gasteiger partial charge in [-0.2, -0.15) is 0 Å². The van der Waals surface area contributed by atoms with E-state index in [-0.39, 0.29) is 17.4 Å². The van der Waals surface area contributed by atoms with E-state index >= 15 is 0 Å². The fourth-order valence-corrected chi connectivity index (χ4v) is 3.14. The minimum Gasteiger partial charge on any atom is -0.395 e. The molecule has 8 heteroatoms. The van der Waals surface area contributed by atoms with Gasteiger partial charge in [-0.15, -0.1) is 0 Å². The number of hydrogen-bond acceptors (Lipinski definition) is 7. The van der Waals surface area contributed by atoms with Crippen LogP contribution in [-0.4, -0.2) is 56.0 Å². The van der Waals surface area contributed by atoms with E-state index in [0.717, 1.165) is 25.9 Å². The van der Waals surface area contributed by atoms with E-state index in [1.807, 2.05) is 0 Å². The maximum absolute atomic E-state index is 11.9. The van der Waals surface area contributed by atoms with Crippen LogP contribution in [0.1, 0.15) is 24.5 Å². The van der Waals surface area contributed by atoms with Crippen LogP contribution in [0.3, 0.4) is 0 Å². The zero-order valence-corrected chi connectivity index (χ0v) is 12.3. The van der Waals surface area contributed by atoms with Crippen LogP contribution in [-0.2, 0) is 9.84 Å². The largest absolute Gasteiger partial charge is 0.395 e. The van der Waals surface area contributed by atoms with Gasteiger partial charge in [0.1, 0.15) is 4.90 Å². The van der Waals surface area contributed by atoms with Crippen LogP contribution in [0.4, 0.5) is 5.95 Å². The van der Waals surface area contributed by atoms with Gasteiger partial charge in [0.2, 0.25) is 5.95 Å². The molecule has 0 radical (unpaired) electrons. The average Bonchev–Trinajstić information content (AvgIpc) is 2.44. The van der Waals surface area contributed by atoms with Crippen LogP contribution >= 0.6 is 0 Å². The van der Waals surface area contributed by atoms with Crippen LogP contribution in [0.25, 0.3) is 0 Å². The molecule has 1 aromatic rings. The van der Waals surface area contributed by atoms with Gasteiger partial charge in [0.15, 0.2) is 9.84 Å². The van der Waals surface area contributed by atoms with Crippen molar-refractivity contribution >= 4 is 15.8 Å². The summed E-state index contributed by atoms with van der Waals surface area (Å²) >= 11 is 0. The summed E-state index contributed by atoms with van der Waals surface area (Å²) in [4.78, 5) is 8.55. The summed E-state index contributed by atoms with van der Waals surface area (Å²) in [6.07, 6.45) is 4.43. The van der Waals surface area contributed by atoms with Crippen LogP contribution in [0.5, 0.6) is 0 Å². The van der Waals surface area contributed by atoms with E-state index in [2.05, 4.69) is 20.6 Å². The number of aliphatic hydroxyl groups excluding tert-OH is 1. The third-order valence-electron chi connectivity index (χ3n) is 3.26. The Bertz CT molecular complexity index is 556. The molecule has 0 bridgehead atoms. The van der Waals surface area contributed by atoms with Crippen molar-refractivity contribution in [2.24, 2.45) is 0 Å². The highest BCUT2D eigenvalue weighted by Gasteiger charge is 2.25. The molecule has 2 heterocycles. The third kappa shape index (κ3) is 3.65. The van der Waals surface area contributed by atoms with Gasteiger partial charge in [-0.1, -0.05) is 0 Å². The number of nitrogens with zero attached hydrogens (tertiary/aromatic N) is 2. The first-order valence-electron chi connectivity index (χ1n) is 6.65. The molecule has 1 aliphatic rings. The predicted octanol–water partition coefficient (Wildman–Crippen LogP) is -0.249. The molecule has 2 rings (SSSR count). The maximum Gasteiger partial charge on any atom is 0.223 e. The van der Waals surface area contributed by atoms with Gasteiger partial charge in [-0.05, 0) is 19.4 Å². The molecule has 1 fully saturated rings. The Morgan fingerprint density at radius 1 is 1.55 bits per heavy atom. The van der Waals surface area contributed by atoms with Gasteiger partial charge in [0.05, 0.1) is 18.5 Å². The highest BCUT2D eigenvalue weighted by molar-refractivity contribution is 7.90. The van der Waals surface area contributed by atoms with E-state index < -0.39 is 9.84 Å². The van der Waals surface area contributed by atoms with Gasteiger partial charge < -0.3 is 15.7 Å². The van der Waals surface area contributed by atoms with Gasteiger partial charge in [0, 0.05) is 25.3 Å². The SMILES string of the molecule is CS(=O)(=O)c1cnc(NCCO)nc1[C@H]1CCCNC1. The summed E-state index contributed by atoms with van der Waals surface area (Å²) in [5.41, 5.74) is 0.565. The number of anilines is 1. The molecule has 0 aliphatic carbocycles. The Hall–Kier alpha value is -1.25. The summed E-state index contributed by atoms with van der Waals surface area (Å²) < 4.78 is 23.7. The minimum atomic E-state index is -3.35. The van der Waals surface area contributed by atoms with Crippen LogP contribution in [0.2, 0.25) is 0 Å². The normalized spacial score (nSPS) is 19.8. The lowest BCUT2D eigenvalue weighted by atomic mass is 9.96. The number of piperidine rings is 1. The monoisotopic (exact) mass is 300 g/mol. The molecule has 0 amide bonds. The molecule has 7 nitrogen and oxygen atoms in total. The Kier molecular flexibility index (Phi) is 4.90. The lowest BCUT2D eigenvalue weighted by Gasteiger charge is -2.24. The predicted molar refractivity (Wildman–Crippen MR) is 75.6 cm³/mol. The number of aliphatic hydroxyl groups is 1. The molecule has 1 atom stereocenters. The van der Waals surface area contributed by atoms with E-state index in [1.165, 1.54) is 12.5 Å². The van der Waals surface area contributed by atoms with Crippen molar-refractivity contribution in [1.82, 2.24) is 15.3 Å². The molecular weight excluding hydrogens is 280 g/mol. The second kappa shape index (κ2) is 6.47. The van der Waals surface area contributed by atoms with Gasteiger partial charge in [0.25, 0.3) is 0 Å². The quantitative estimate of drug-likeness (QED) is 0.689. The van der Waals surface area contributed by atoms with Crippen molar-refractivity contribution in [2.45, 2.75) is 23.7 Å². The first kappa shape index (κ1) is 15.1. The molecule has 1 saturated heterocycles. The number of aromatic nitrogens is 2. The van der Waals surface area contributed by atoms with Crippen molar-refractivity contribution in [1.29, 1.82) is 0 Å². The highest BCUT2D eigenvalue weighted by Crippen LogP contribution is 2.27. The van der Waals surface area contributed by atoms with Crippen molar-refractivity contribution in [2.75, 3.05) is 37.8 Å². The maximum atomic E-state index is 11.9. The second-order valence-corrected chi connectivity index (χ2v) is 6.89. The zero-order valence-electron chi connectivity index (χ0n) is 11.5. The number of hydrogen-bond donors (Lipinski definition) is 3. The Morgan fingerprint density at radius 2 is 2.35 bits per heavy atom. The lowest BCUT2D eigenvalue weighted by molar-refractivity contribution is 0.310. The van der Waals surface area contributed by atoms with Crippen LogP contribution < -0.4 is 10.6 Å². The Morgan fingerprint density at radius 3 is 2.95 bits per heavy atom. The number of sulfone groups is 1. The summed E-state index contributed by atoms with van der Waals surface area (Å²) in [7, 11) is -3.35. The smallest absolute Gasteiger partial charge is 0.223 e. The summed E-state index contributed by atoms with van der Waals surface area (Å²) in [5.74, 6) is 0.429. The van der Waals surface area contributed by atoms with E-state index in [9.17, 15) is 8.42 Å². The third-order valence-corrected chi connectivity index (χ3v) is 4.37. The Balaban J connectivity index is 2.36. The van der Waals surface area contributed by atoms with E-state index in [1.54, 1.807) is 0 Å². The van der Waals surface area contributed by atoms with Crippen molar-refractivity contribution in [3.8, 4) is 0 Å². The van der Waals surface area contributed by atoms with E-state index in [0.29, 0.717) is 18.2 Å². The molecule has 0 unspecified atom stereocenters. The molecular formula is C12H20N4O3S. The highest BCUT2D eigenvalue weighted by atomic mass is 32.2. The number of rotatable bonds is 5. The summed E-state index contributed by atoms with van der Waals surface area (Å²) in [6, 6.07) is 0. The number of nitrogens with one attached hydrogen (secondary N) is 2. The molecule has 0 saturated carbocycles. The molecule has 1 aliphatic heterocycles. The summed E-state index contributed by atoms with van der Waals surface area (Å²) in [5, 5.41) is 14.9. The van der Waals surface area contributed by atoms with Gasteiger partial charge in [-0.25, -0.2) is 18.4 Å². The van der Waals surface area contributed by atoms with Crippen molar-refractivity contribution in [3.63, 3.8) is 0 Å².